The zero-order valence-corrected chi connectivity index (χ0v) is 27.1. The highest BCUT2D eigenvalue weighted by atomic mass is 35.5. The lowest BCUT2D eigenvalue weighted by molar-refractivity contribution is 0.0375. The molecule has 1 aliphatic rings. The summed E-state index contributed by atoms with van der Waals surface area (Å²) in [7, 11) is 4.85. The second kappa shape index (κ2) is 15.3. The Balaban J connectivity index is 1.52. The molecule has 2 N–H and O–H groups in total. The topological polar surface area (TPSA) is 141 Å². The van der Waals surface area contributed by atoms with Crippen LogP contribution in [0.5, 0.6) is 0 Å². The number of nitrogens with one attached hydrogen (secondary N) is 2. The first kappa shape index (κ1) is 33.1. The Labute approximate surface area is 264 Å². The molecular formula is C28H36Cl2N6O6S. The Morgan fingerprint density at radius 3 is 2.49 bits per heavy atom. The first-order valence-electron chi connectivity index (χ1n) is 13.8. The smallest absolute Gasteiger partial charge is 0.350 e. The normalized spacial score (nSPS) is 17.0. The number of hydrogen-bond donors (Lipinski definition) is 2. The van der Waals surface area contributed by atoms with Crippen LogP contribution in [0, 0.1) is 12.8 Å². The van der Waals surface area contributed by atoms with Crippen molar-refractivity contribution in [2.24, 2.45) is 5.92 Å². The number of thiazole rings is 1. The van der Waals surface area contributed by atoms with Crippen molar-refractivity contribution in [2.45, 2.75) is 38.8 Å². The summed E-state index contributed by atoms with van der Waals surface area (Å²) in [4.78, 5) is 45.2. The van der Waals surface area contributed by atoms with E-state index in [1.165, 1.54) is 11.3 Å². The summed E-state index contributed by atoms with van der Waals surface area (Å²) in [6.45, 7) is 5.70. The molecule has 0 aromatic carbocycles. The lowest BCUT2D eigenvalue weighted by atomic mass is 9.88. The second-order valence-electron chi connectivity index (χ2n) is 10.1. The van der Waals surface area contributed by atoms with Gasteiger partial charge in [-0.2, -0.15) is 0 Å². The molecule has 1 aliphatic heterocycles. The van der Waals surface area contributed by atoms with Crippen LogP contribution in [0.3, 0.4) is 0 Å². The Morgan fingerprint density at radius 2 is 1.91 bits per heavy atom. The number of anilines is 2. The van der Waals surface area contributed by atoms with E-state index in [9.17, 15) is 9.59 Å². The molecule has 1 fully saturated rings. The highest BCUT2D eigenvalue weighted by Crippen LogP contribution is 2.37. The molecule has 0 bridgehead atoms. The molecule has 1 saturated heterocycles. The van der Waals surface area contributed by atoms with Gasteiger partial charge in [0.1, 0.15) is 27.8 Å². The van der Waals surface area contributed by atoms with Crippen molar-refractivity contribution in [3.05, 3.63) is 38.7 Å². The van der Waals surface area contributed by atoms with Gasteiger partial charge in [0, 0.05) is 46.5 Å². The number of Topliss-reactive ketones (excluding diaryl/α,β-unsaturated/α-hetero) is 1. The zero-order valence-electron chi connectivity index (χ0n) is 24.7. The number of methoxy groups -OCH3 is 3. The van der Waals surface area contributed by atoms with Crippen molar-refractivity contribution in [3.63, 3.8) is 0 Å². The van der Waals surface area contributed by atoms with Crippen molar-refractivity contribution >= 4 is 57.2 Å². The van der Waals surface area contributed by atoms with Crippen LogP contribution < -0.4 is 10.2 Å². The molecular weight excluding hydrogens is 619 g/mol. The first-order valence-corrected chi connectivity index (χ1v) is 15.4. The van der Waals surface area contributed by atoms with Gasteiger partial charge in [0.15, 0.2) is 10.9 Å². The number of aromatic nitrogens is 4. The number of piperidine rings is 1. The van der Waals surface area contributed by atoms with Gasteiger partial charge in [-0.25, -0.2) is 19.7 Å². The number of esters is 1. The molecule has 3 aromatic rings. The number of H-pyrrole nitrogens is 1. The predicted octanol–water partition coefficient (Wildman–Crippen LogP) is 4.91. The van der Waals surface area contributed by atoms with Crippen LogP contribution >= 0.6 is 34.5 Å². The summed E-state index contributed by atoms with van der Waals surface area (Å²) in [5.41, 5.74) is 1.80. The van der Waals surface area contributed by atoms with E-state index in [4.69, 9.17) is 47.1 Å². The van der Waals surface area contributed by atoms with Gasteiger partial charge < -0.3 is 34.1 Å². The maximum absolute atomic E-state index is 13.1. The molecule has 15 heteroatoms. The molecule has 0 unspecified atom stereocenters. The number of nitrogens with zero attached hydrogens (tertiary/aromatic N) is 4. The number of aryl methyl sites for hydroxylation is 1. The van der Waals surface area contributed by atoms with E-state index in [-0.39, 0.29) is 41.9 Å². The molecule has 0 amide bonds. The Morgan fingerprint density at radius 1 is 1.16 bits per heavy atom. The fourth-order valence-electron chi connectivity index (χ4n) is 4.96. The van der Waals surface area contributed by atoms with Gasteiger partial charge in [-0.1, -0.05) is 34.5 Å². The van der Waals surface area contributed by atoms with Gasteiger partial charge in [-0.15, -0.1) is 0 Å². The van der Waals surface area contributed by atoms with Crippen LogP contribution in [0.2, 0.25) is 10.0 Å². The van der Waals surface area contributed by atoms with Crippen molar-refractivity contribution in [1.29, 1.82) is 0 Å². The average molecular weight is 656 g/mol. The number of ether oxygens (including phenoxy) is 4. The van der Waals surface area contributed by atoms with E-state index in [2.05, 4.69) is 25.2 Å². The minimum Gasteiger partial charge on any atom is -0.462 e. The number of carbonyl (C=O) groups is 2. The summed E-state index contributed by atoms with van der Waals surface area (Å²) in [5.74, 6) is -0.101. The molecule has 0 radical (unpaired) electrons. The minimum absolute atomic E-state index is 0.0397. The van der Waals surface area contributed by atoms with Gasteiger partial charge in [-0.05, 0) is 26.2 Å². The van der Waals surface area contributed by atoms with Crippen LogP contribution in [0.25, 0.3) is 11.4 Å². The second-order valence-corrected chi connectivity index (χ2v) is 11.8. The number of hydrogen-bond acceptors (Lipinski definition) is 12. The fourth-order valence-corrected chi connectivity index (χ4v) is 6.40. The quantitative estimate of drug-likeness (QED) is 0.181. The zero-order chi connectivity index (χ0) is 31.1. The van der Waals surface area contributed by atoms with Crippen LogP contribution in [0.1, 0.15) is 45.6 Å². The lowest BCUT2D eigenvalue weighted by Crippen LogP contribution is -2.45. The number of ketones is 1. The lowest BCUT2D eigenvalue weighted by Gasteiger charge is -2.37. The van der Waals surface area contributed by atoms with Crippen LogP contribution in [-0.2, 0) is 18.9 Å². The third-order valence-electron chi connectivity index (χ3n) is 7.11. The van der Waals surface area contributed by atoms with Gasteiger partial charge >= 0.3 is 5.97 Å². The van der Waals surface area contributed by atoms with E-state index in [0.717, 1.165) is 0 Å². The van der Waals surface area contributed by atoms with E-state index < -0.39 is 5.97 Å². The summed E-state index contributed by atoms with van der Waals surface area (Å²) in [6, 6.07) is -0.107. The van der Waals surface area contributed by atoms with Crippen LogP contribution in [-0.4, -0.2) is 98.1 Å². The molecule has 234 valence electrons. The largest absolute Gasteiger partial charge is 0.462 e. The number of rotatable bonds is 14. The Hall–Kier alpha value is -2.81. The number of halogens is 2. The summed E-state index contributed by atoms with van der Waals surface area (Å²) >= 11 is 13.7. The van der Waals surface area contributed by atoms with Crippen molar-refractivity contribution in [2.75, 3.05) is 64.5 Å². The van der Waals surface area contributed by atoms with E-state index >= 15 is 0 Å². The Bertz CT molecular complexity index is 1400. The van der Waals surface area contributed by atoms with Gasteiger partial charge in [0.25, 0.3) is 0 Å². The van der Waals surface area contributed by atoms with Crippen molar-refractivity contribution in [1.82, 2.24) is 19.9 Å². The molecule has 43 heavy (non-hydrogen) atoms. The highest BCUT2D eigenvalue weighted by molar-refractivity contribution is 7.17. The van der Waals surface area contributed by atoms with Crippen LogP contribution in [0.15, 0.2) is 12.4 Å². The standard InChI is InChI=1S/C28H36Cl2N6O6S/c1-6-42-27(38)26-24(18-10-32-21(11-31-18)34-17(13-39-3)14-40-4)35-28(43-26)36-8-7-16(20(12-36)41-5)9-19(37)25-23(30)22(29)15(2)33-25/h10-11,16-17,20,33H,6-9,12-14H2,1-5H3,(H,32,34)/t16-,20-/m0/s1. The van der Waals surface area contributed by atoms with E-state index in [0.29, 0.717) is 76.3 Å². The molecule has 4 rings (SSSR count). The van der Waals surface area contributed by atoms with Crippen molar-refractivity contribution in [3.8, 4) is 11.4 Å². The molecule has 2 atom stereocenters. The van der Waals surface area contributed by atoms with Gasteiger partial charge in [-0.3, -0.25) is 4.79 Å². The third-order valence-corrected chi connectivity index (χ3v) is 9.15. The molecule has 0 aliphatic carbocycles. The molecule has 0 spiro atoms. The number of aromatic amines is 1. The average Bonchev–Trinajstić information content (AvgIpc) is 3.56. The minimum atomic E-state index is -0.481. The first-order chi connectivity index (χ1) is 20.7. The molecule has 12 nitrogen and oxygen atoms in total. The van der Waals surface area contributed by atoms with Gasteiger partial charge in [0.2, 0.25) is 0 Å². The monoisotopic (exact) mass is 654 g/mol. The van der Waals surface area contributed by atoms with Crippen LogP contribution in [0.4, 0.5) is 10.9 Å². The van der Waals surface area contributed by atoms with Gasteiger partial charge in [0.05, 0.1) is 54.4 Å². The maximum Gasteiger partial charge on any atom is 0.350 e. The summed E-state index contributed by atoms with van der Waals surface area (Å²) in [5, 5.41) is 4.46. The van der Waals surface area contributed by atoms with E-state index in [1.54, 1.807) is 47.6 Å². The highest BCUT2D eigenvalue weighted by Gasteiger charge is 2.34. The molecule has 3 aromatic heterocycles. The molecule has 0 saturated carbocycles. The summed E-state index contributed by atoms with van der Waals surface area (Å²) in [6.07, 6.45) is 3.82. The number of carbonyl (C=O) groups excluding carboxylic acids is 2. The fraction of sp³-hybridized carbons (Fsp3) is 0.536. The van der Waals surface area contributed by atoms with E-state index in [1.807, 2.05) is 0 Å². The SMILES string of the molecule is CCOC(=O)c1sc(N2CC[C@@H](CC(=O)c3[nH]c(C)c(Cl)c3Cl)[C@@H](OC)C2)nc1-c1cnc(NC(COC)COC)cn1. The summed E-state index contributed by atoms with van der Waals surface area (Å²) < 4.78 is 21.6. The third kappa shape index (κ3) is 7.83. The predicted molar refractivity (Wildman–Crippen MR) is 166 cm³/mol. The van der Waals surface area contributed by atoms with Crippen molar-refractivity contribution < 1.29 is 28.5 Å². The maximum atomic E-state index is 13.1. The molecule has 4 heterocycles. The Kier molecular flexibility index (Phi) is 11.7.